The summed E-state index contributed by atoms with van der Waals surface area (Å²) < 4.78 is 0. The first kappa shape index (κ1) is 13.9. The van der Waals surface area contributed by atoms with Gasteiger partial charge >= 0.3 is 0 Å². The predicted octanol–water partition coefficient (Wildman–Crippen LogP) is 5.62. The highest BCUT2D eigenvalue weighted by molar-refractivity contribution is 6.29. The minimum absolute atomic E-state index is 0.446. The molecule has 3 heteroatoms. The smallest absolute Gasteiger partial charge is 0.162 e. The van der Waals surface area contributed by atoms with E-state index in [9.17, 15) is 0 Å². The van der Waals surface area contributed by atoms with Crippen molar-refractivity contribution in [2.75, 3.05) is 0 Å². The second-order valence-corrected chi connectivity index (χ2v) is 5.68. The molecule has 1 heterocycles. The molecule has 23 heavy (non-hydrogen) atoms. The fourth-order valence-corrected chi connectivity index (χ4v) is 2.90. The molecule has 0 aliphatic heterocycles. The van der Waals surface area contributed by atoms with E-state index in [1.807, 2.05) is 54.6 Å². The number of hydrogen-bond donors (Lipinski definition) is 0. The Bertz CT molecular complexity index is 976. The van der Waals surface area contributed by atoms with Gasteiger partial charge in [-0.15, -0.1) is 0 Å². The van der Waals surface area contributed by atoms with Gasteiger partial charge in [0, 0.05) is 17.2 Å². The standard InChI is InChI=1S/C20H13ClN2/c21-19-13-18(15-8-2-1-3-9-15)22-20(23-19)17-12-6-10-14-7-4-5-11-16(14)17/h1-13H. The van der Waals surface area contributed by atoms with Crippen LogP contribution in [0.1, 0.15) is 0 Å². The molecule has 2 nitrogen and oxygen atoms in total. The Morgan fingerprint density at radius 3 is 2.30 bits per heavy atom. The number of rotatable bonds is 2. The third-order valence-electron chi connectivity index (χ3n) is 3.79. The summed E-state index contributed by atoms with van der Waals surface area (Å²) in [5.41, 5.74) is 2.84. The van der Waals surface area contributed by atoms with Gasteiger partial charge in [0.25, 0.3) is 0 Å². The number of halogens is 1. The van der Waals surface area contributed by atoms with Gasteiger partial charge in [0.05, 0.1) is 5.69 Å². The van der Waals surface area contributed by atoms with Crippen molar-refractivity contribution in [2.24, 2.45) is 0 Å². The van der Waals surface area contributed by atoms with E-state index in [0.717, 1.165) is 27.6 Å². The van der Waals surface area contributed by atoms with Crippen molar-refractivity contribution in [2.45, 2.75) is 0 Å². The number of fused-ring (bicyclic) bond motifs is 1. The van der Waals surface area contributed by atoms with Crippen LogP contribution in [0, 0.1) is 0 Å². The van der Waals surface area contributed by atoms with E-state index in [2.05, 4.69) is 23.2 Å². The predicted molar refractivity (Wildman–Crippen MR) is 95.4 cm³/mol. The van der Waals surface area contributed by atoms with Gasteiger partial charge in [-0.1, -0.05) is 84.4 Å². The van der Waals surface area contributed by atoms with Crippen LogP contribution in [-0.2, 0) is 0 Å². The molecular weight excluding hydrogens is 304 g/mol. The Balaban J connectivity index is 1.94. The Morgan fingerprint density at radius 1 is 0.696 bits per heavy atom. The van der Waals surface area contributed by atoms with E-state index in [4.69, 9.17) is 16.6 Å². The van der Waals surface area contributed by atoms with Crippen molar-refractivity contribution in [3.8, 4) is 22.6 Å². The van der Waals surface area contributed by atoms with Gasteiger partial charge in [0.1, 0.15) is 5.15 Å². The summed E-state index contributed by atoms with van der Waals surface area (Å²) in [7, 11) is 0. The highest BCUT2D eigenvalue weighted by Crippen LogP contribution is 2.29. The van der Waals surface area contributed by atoms with E-state index < -0.39 is 0 Å². The molecule has 0 aliphatic rings. The summed E-state index contributed by atoms with van der Waals surface area (Å²) in [6.45, 7) is 0. The first-order valence-corrected chi connectivity index (χ1v) is 7.77. The summed E-state index contributed by atoms with van der Waals surface area (Å²) in [5.74, 6) is 0.646. The van der Waals surface area contributed by atoms with Crippen LogP contribution in [0.25, 0.3) is 33.4 Å². The van der Waals surface area contributed by atoms with Gasteiger partial charge < -0.3 is 0 Å². The zero-order valence-corrected chi connectivity index (χ0v) is 13.0. The minimum atomic E-state index is 0.446. The average molecular weight is 317 g/mol. The van der Waals surface area contributed by atoms with Gasteiger partial charge in [0.2, 0.25) is 0 Å². The van der Waals surface area contributed by atoms with Crippen LogP contribution in [0.3, 0.4) is 0 Å². The molecule has 0 bridgehead atoms. The summed E-state index contributed by atoms with van der Waals surface area (Å²) in [6.07, 6.45) is 0. The van der Waals surface area contributed by atoms with Crippen molar-refractivity contribution in [3.05, 3.63) is 84.0 Å². The van der Waals surface area contributed by atoms with E-state index in [-0.39, 0.29) is 0 Å². The SMILES string of the molecule is Clc1cc(-c2ccccc2)nc(-c2cccc3ccccc23)n1. The quantitative estimate of drug-likeness (QED) is 0.449. The summed E-state index contributed by atoms with van der Waals surface area (Å²) in [6, 6.07) is 26.1. The van der Waals surface area contributed by atoms with E-state index in [0.29, 0.717) is 11.0 Å². The van der Waals surface area contributed by atoms with Crippen molar-refractivity contribution < 1.29 is 0 Å². The largest absolute Gasteiger partial charge is 0.228 e. The lowest BCUT2D eigenvalue weighted by molar-refractivity contribution is 1.18. The molecule has 1 aromatic heterocycles. The number of aromatic nitrogens is 2. The molecular formula is C20H13ClN2. The van der Waals surface area contributed by atoms with Crippen LogP contribution in [0.15, 0.2) is 78.9 Å². The van der Waals surface area contributed by atoms with Crippen molar-refractivity contribution in [3.63, 3.8) is 0 Å². The van der Waals surface area contributed by atoms with Crippen LogP contribution in [0.2, 0.25) is 5.15 Å². The van der Waals surface area contributed by atoms with Gasteiger partial charge in [-0.25, -0.2) is 9.97 Å². The van der Waals surface area contributed by atoms with Crippen molar-refractivity contribution >= 4 is 22.4 Å². The molecule has 0 N–H and O–H groups in total. The molecule has 4 aromatic rings. The Morgan fingerprint density at radius 2 is 1.43 bits per heavy atom. The van der Waals surface area contributed by atoms with Crippen LogP contribution >= 0.6 is 11.6 Å². The van der Waals surface area contributed by atoms with Gasteiger partial charge in [-0.3, -0.25) is 0 Å². The van der Waals surface area contributed by atoms with Crippen LogP contribution in [0.4, 0.5) is 0 Å². The highest BCUT2D eigenvalue weighted by atomic mass is 35.5. The summed E-state index contributed by atoms with van der Waals surface area (Å²) >= 11 is 6.25. The number of benzene rings is 3. The zero-order chi connectivity index (χ0) is 15.6. The van der Waals surface area contributed by atoms with Crippen molar-refractivity contribution in [1.29, 1.82) is 0 Å². The molecule has 3 aromatic carbocycles. The monoisotopic (exact) mass is 316 g/mol. The van der Waals surface area contributed by atoms with Gasteiger partial charge in [-0.2, -0.15) is 0 Å². The normalized spacial score (nSPS) is 10.8. The van der Waals surface area contributed by atoms with Crippen LogP contribution in [0.5, 0.6) is 0 Å². The summed E-state index contributed by atoms with van der Waals surface area (Å²) in [4.78, 5) is 9.16. The molecule has 0 saturated heterocycles. The van der Waals surface area contributed by atoms with Gasteiger partial charge in [0.15, 0.2) is 5.82 Å². The second kappa shape index (κ2) is 5.82. The number of nitrogens with zero attached hydrogens (tertiary/aromatic N) is 2. The maximum Gasteiger partial charge on any atom is 0.162 e. The lowest BCUT2D eigenvalue weighted by Crippen LogP contribution is -1.94. The molecule has 0 spiro atoms. The summed E-state index contributed by atoms with van der Waals surface area (Å²) in [5, 5.41) is 2.73. The third kappa shape index (κ3) is 2.69. The minimum Gasteiger partial charge on any atom is -0.228 e. The topological polar surface area (TPSA) is 25.8 Å². The van der Waals surface area contributed by atoms with Crippen LogP contribution in [-0.4, -0.2) is 9.97 Å². The lowest BCUT2D eigenvalue weighted by atomic mass is 10.0. The van der Waals surface area contributed by atoms with Crippen LogP contribution < -0.4 is 0 Å². The maximum atomic E-state index is 6.25. The molecule has 0 fully saturated rings. The second-order valence-electron chi connectivity index (χ2n) is 5.29. The Kier molecular flexibility index (Phi) is 3.52. The fraction of sp³-hybridized carbons (Fsp3) is 0. The fourth-order valence-electron chi connectivity index (χ4n) is 2.72. The molecule has 0 unspecified atom stereocenters. The zero-order valence-electron chi connectivity index (χ0n) is 12.3. The van der Waals surface area contributed by atoms with E-state index >= 15 is 0 Å². The first-order chi connectivity index (χ1) is 11.3. The highest BCUT2D eigenvalue weighted by Gasteiger charge is 2.10. The molecule has 4 rings (SSSR count). The molecule has 0 aliphatic carbocycles. The van der Waals surface area contributed by atoms with E-state index in [1.165, 1.54) is 0 Å². The Hall–Kier alpha value is -2.71. The molecule has 0 amide bonds. The first-order valence-electron chi connectivity index (χ1n) is 7.39. The van der Waals surface area contributed by atoms with Gasteiger partial charge in [-0.05, 0) is 10.8 Å². The molecule has 0 radical (unpaired) electrons. The van der Waals surface area contributed by atoms with Crippen molar-refractivity contribution in [1.82, 2.24) is 9.97 Å². The molecule has 0 atom stereocenters. The maximum absolute atomic E-state index is 6.25. The Labute approximate surface area is 139 Å². The van der Waals surface area contributed by atoms with E-state index in [1.54, 1.807) is 6.07 Å². The number of hydrogen-bond acceptors (Lipinski definition) is 2. The molecule has 110 valence electrons. The average Bonchev–Trinajstić information content (AvgIpc) is 2.61. The third-order valence-corrected chi connectivity index (χ3v) is 3.99. The molecule has 0 saturated carbocycles. The lowest BCUT2D eigenvalue weighted by Gasteiger charge is -2.08.